The number of fused-ring (bicyclic) bond motifs is 1. The molecule has 0 radical (unpaired) electrons. The topological polar surface area (TPSA) is 100 Å². The molecule has 0 aliphatic heterocycles. The van der Waals surface area contributed by atoms with Gasteiger partial charge in [0.25, 0.3) is 5.91 Å². The molecular formula is C28H32N6O2. The van der Waals surface area contributed by atoms with E-state index < -0.39 is 0 Å². The zero-order valence-corrected chi connectivity index (χ0v) is 20.8. The van der Waals surface area contributed by atoms with E-state index in [9.17, 15) is 9.59 Å². The van der Waals surface area contributed by atoms with Gasteiger partial charge in [0, 0.05) is 32.0 Å². The first-order valence-corrected chi connectivity index (χ1v) is 12.2. The summed E-state index contributed by atoms with van der Waals surface area (Å²) in [6, 6.07) is 12.6. The molecular weight excluding hydrogens is 452 g/mol. The molecule has 186 valence electrons. The second kappa shape index (κ2) is 12.2. The molecule has 36 heavy (non-hydrogen) atoms. The van der Waals surface area contributed by atoms with E-state index in [1.54, 1.807) is 6.20 Å². The molecule has 1 atom stereocenters. The van der Waals surface area contributed by atoms with Gasteiger partial charge in [0.05, 0.1) is 28.7 Å². The van der Waals surface area contributed by atoms with Gasteiger partial charge < -0.3 is 10.6 Å². The highest BCUT2D eigenvalue weighted by Gasteiger charge is 2.26. The van der Waals surface area contributed by atoms with E-state index in [4.69, 9.17) is 4.98 Å². The minimum atomic E-state index is -0.171. The van der Waals surface area contributed by atoms with Crippen LogP contribution in [0.3, 0.4) is 0 Å². The Bertz CT molecular complexity index is 1220. The first-order chi connectivity index (χ1) is 17.6. The first kappa shape index (κ1) is 25.2. The zero-order valence-electron chi connectivity index (χ0n) is 20.8. The third-order valence-electron chi connectivity index (χ3n) is 6.51. The summed E-state index contributed by atoms with van der Waals surface area (Å²) in [5.41, 5.74) is 6.48. The van der Waals surface area contributed by atoms with Gasteiger partial charge in [-0.3, -0.25) is 19.5 Å². The minimum Gasteiger partial charge on any atom is -0.348 e. The van der Waals surface area contributed by atoms with Gasteiger partial charge in [-0.25, -0.2) is 9.97 Å². The number of aromatic nitrogens is 3. The van der Waals surface area contributed by atoms with Crippen LogP contribution in [0.2, 0.25) is 0 Å². The van der Waals surface area contributed by atoms with Crippen LogP contribution in [0.5, 0.6) is 0 Å². The summed E-state index contributed by atoms with van der Waals surface area (Å²) in [5.74, 6) is -0.171. The molecule has 8 heteroatoms. The monoisotopic (exact) mass is 484 g/mol. The normalized spacial score (nSPS) is 15.0. The van der Waals surface area contributed by atoms with Crippen LogP contribution in [0, 0.1) is 13.8 Å². The Hall–Kier alpha value is -3.91. The number of benzene rings is 1. The van der Waals surface area contributed by atoms with Crippen molar-refractivity contribution in [3.05, 3.63) is 101 Å². The third kappa shape index (κ3) is 6.20. The summed E-state index contributed by atoms with van der Waals surface area (Å²) < 4.78 is 0. The van der Waals surface area contributed by atoms with Crippen LogP contribution < -0.4 is 10.6 Å². The van der Waals surface area contributed by atoms with Crippen molar-refractivity contribution < 1.29 is 9.59 Å². The number of amides is 2. The molecule has 0 saturated heterocycles. The number of aryl methyl sites for hydroxylation is 3. The van der Waals surface area contributed by atoms with Crippen molar-refractivity contribution >= 4 is 12.3 Å². The highest BCUT2D eigenvalue weighted by atomic mass is 16.1. The van der Waals surface area contributed by atoms with Gasteiger partial charge in [0.15, 0.2) is 0 Å². The predicted octanol–water partition coefficient (Wildman–Crippen LogP) is 3.56. The van der Waals surface area contributed by atoms with Gasteiger partial charge in [-0.1, -0.05) is 36.4 Å². The van der Waals surface area contributed by atoms with Gasteiger partial charge in [-0.2, -0.15) is 0 Å². The molecule has 1 unspecified atom stereocenters. The lowest BCUT2D eigenvalue weighted by molar-refractivity contribution is -0.108. The molecule has 0 bridgehead atoms. The van der Waals surface area contributed by atoms with Crippen molar-refractivity contribution in [1.29, 1.82) is 0 Å². The molecule has 1 aliphatic rings. The third-order valence-corrected chi connectivity index (χ3v) is 6.51. The highest BCUT2D eigenvalue weighted by molar-refractivity contribution is 5.96. The molecule has 2 heterocycles. The fourth-order valence-electron chi connectivity index (χ4n) is 4.80. The van der Waals surface area contributed by atoms with E-state index in [0.29, 0.717) is 36.5 Å². The van der Waals surface area contributed by atoms with Crippen LogP contribution in [0.25, 0.3) is 0 Å². The fraction of sp³-hybridized carbons (Fsp3) is 0.321. The molecule has 8 nitrogen and oxygen atoms in total. The van der Waals surface area contributed by atoms with Crippen molar-refractivity contribution in [1.82, 2.24) is 30.5 Å². The Morgan fingerprint density at radius 3 is 2.72 bits per heavy atom. The van der Waals surface area contributed by atoms with Crippen LogP contribution in [0.4, 0.5) is 0 Å². The van der Waals surface area contributed by atoms with E-state index in [-0.39, 0.29) is 11.9 Å². The summed E-state index contributed by atoms with van der Waals surface area (Å²) in [5, 5.41) is 5.60. The Labute approximate surface area is 211 Å². The Balaban J connectivity index is 1.49. The van der Waals surface area contributed by atoms with Crippen LogP contribution >= 0.6 is 0 Å². The summed E-state index contributed by atoms with van der Waals surface area (Å²) >= 11 is 0. The number of rotatable bonds is 10. The molecule has 2 N–H and O–H groups in total. The lowest BCUT2D eigenvalue weighted by atomic mass is 9.90. The van der Waals surface area contributed by atoms with Gasteiger partial charge in [-0.05, 0) is 55.9 Å². The summed E-state index contributed by atoms with van der Waals surface area (Å²) in [6.45, 7) is 5.44. The standard InChI is InChI=1S/C28H32N6O2/c1-20-26(21(2)33-18-32-20)28(36)31-16-22-7-3-8-23(15-22)17-34(14-6-12-29-19-35)25-11-4-9-24-10-5-13-30-27(24)25/h3,5-8,10,12-13,15,18-19,25H,4,9,11,14,16-17H2,1-2H3,(H,29,35)(H,31,36)/b12-6+. The molecule has 3 aromatic rings. The quantitative estimate of drug-likeness (QED) is 0.427. The molecule has 2 aromatic heterocycles. The van der Waals surface area contributed by atoms with Crippen molar-refractivity contribution in [3.8, 4) is 0 Å². The highest BCUT2D eigenvalue weighted by Crippen LogP contribution is 2.33. The average Bonchev–Trinajstić information content (AvgIpc) is 2.89. The van der Waals surface area contributed by atoms with Gasteiger partial charge >= 0.3 is 0 Å². The Kier molecular flexibility index (Phi) is 8.52. The van der Waals surface area contributed by atoms with Crippen LogP contribution in [-0.4, -0.2) is 38.7 Å². The van der Waals surface area contributed by atoms with E-state index in [1.807, 2.05) is 44.3 Å². The molecule has 2 amide bonds. The van der Waals surface area contributed by atoms with Crippen molar-refractivity contribution in [2.45, 2.75) is 52.2 Å². The molecule has 1 aromatic carbocycles. The lowest BCUT2D eigenvalue weighted by Gasteiger charge is -2.34. The van der Waals surface area contributed by atoms with E-state index in [2.05, 4.69) is 43.7 Å². The Morgan fingerprint density at radius 1 is 1.11 bits per heavy atom. The first-order valence-electron chi connectivity index (χ1n) is 12.2. The number of hydrogen-bond donors (Lipinski definition) is 2. The number of hydrogen-bond acceptors (Lipinski definition) is 6. The summed E-state index contributed by atoms with van der Waals surface area (Å²) in [6.07, 6.45) is 10.8. The number of carbonyl (C=O) groups excluding carboxylic acids is 2. The van der Waals surface area contributed by atoms with Crippen LogP contribution in [-0.2, 0) is 24.3 Å². The van der Waals surface area contributed by atoms with Gasteiger partial charge in [0.1, 0.15) is 6.33 Å². The molecule has 0 fully saturated rings. The van der Waals surface area contributed by atoms with Gasteiger partial charge in [0.2, 0.25) is 6.41 Å². The molecule has 0 spiro atoms. The van der Waals surface area contributed by atoms with Crippen molar-refractivity contribution in [2.24, 2.45) is 0 Å². The fourth-order valence-corrected chi connectivity index (χ4v) is 4.80. The van der Waals surface area contributed by atoms with Crippen molar-refractivity contribution in [2.75, 3.05) is 6.54 Å². The maximum Gasteiger partial charge on any atom is 0.255 e. The molecule has 4 rings (SSSR count). The van der Waals surface area contributed by atoms with Gasteiger partial charge in [-0.15, -0.1) is 0 Å². The van der Waals surface area contributed by atoms with E-state index >= 15 is 0 Å². The number of pyridine rings is 1. The maximum atomic E-state index is 12.8. The second-order valence-corrected chi connectivity index (χ2v) is 8.99. The maximum absolute atomic E-state index is 12.8. The van der Waals surface area contributed by atoms with Crippen LogP contribution in [0.15, 0.2) is 61.2 Å². The zero-order chi connectivity index (χ0) is 25.3. The number of nitrogens with zero attached hydrogens (tertiary/aromatic N) is 4. The van der Waals surface area contributed by atoms with E-state index in [0.717, 1.165) is 42.6 Å². The lowest BCUT2D eigenvalue weighted by Crippen LogP contribution is -2.32. The predicted molar refractivity (Wildman–Crippen MR) is 138 cm³/mol. The smallest absolute Gasteiger partial charge is 0.255 e. The minimum absolute atomic E-state index is 0.171. The summed E-state index contributed by atoms with van der Waals surface area (Å²) in [7, 11) is 0. The van der Waals surface area contributed by atoms with Crippen molar-refractivity contribution in [3.63, 3.8) is 0 Å². The Morgan fingerprint density at radius 2 is 1.92 bits per heavy atom. The SMILES string of the molecule is Cc1ncnc(C)c1C(=O)NCc1cccc(CN(C/C=C/NC=O)C2CCCc3cccnc32)c1. The van der Waals surface area contributed by atoms with Crippen LogP contribution in [0.1, 0.15) is 63.0 Å². The van der Waals surface area contributed by atoms with E-state index in [1.165, 1.54) is 11.9 Å². The number of nitrogens with one attached hydrogen (secondary N) is 2. The average molecular weight is 485 g/mol. The molecule has 1 aliphatic carbocycles. The second-order valence-electron chi connectivity index (χ2n) is 8.99. The summed E-state index contributed by atoms with van der Waals surface area (Å²) in [4.78, 5) is 38.8. The molecule has 0 saturated carbocycles. The largest absolute Gasteiger partial charge is 0.348 e. The number of carbonyl (C=O) groups is 2.